The molecule has 1 aromatic carbocycles. The van der Waals surface area contributed by atoms with Gasteiger partial charge >= 0.3 is 6.18 Å². The maximum absolute atomic E-state index is 13.1. The van der Waals surface area contributed by atoms with Gasteiger partial charge in [-0.15, -0.1) is 0 Å². The summed E-state index contributed by atoms with van der Waals surface area (Å²) in [5.41, 5.74) is 0.631. The van der Waals surface area contributed by atoms with Crippen LogP contribution in [0.2, 0.25) is 0 Å². The number of hydrogen-bond acceptors (Lipinski definition) is 4. The smallest absolute Gasteiger partial charge is 0.416 e. The van der Waals surface area contributed by atoms with Crippen LogP contribution in [0, 0.1) is 0 Å². The molecule has 2 aromatic heterocycles. The number of halogens is 3. The molecule has 0 aliphatic carbocycles. The molecule has 1 aliphatic heterocycles. The topological polar surface area (TPSA) is 60.3 Å². The van der Waals surface area contributed by atoms with Gasteiger partial charge in [-0.05, 0) is 43.3 Å². The van der Waals surface area contributed by atoms with Crippen LogP contribution in [-0.4, -0.2) is 27.2 Å². The molecule has 0 unspecified atom stereocenters. The van der Waals surface area contributed by atoms with E-state index in [2.05, 4.69) is 10.1 Å². The zero-order valence-electron chi connectivity index (χ0n) is 15.4. The number of benzene rings is 1. The molecule has 4 rings (SSSR count). The van der Waals surface area contributed by atoms with Crippen molar-refractivity contribution in [1.82, 2.24) is 14.8 Å². The Kier molecular flexibility index (Phi) is 4.73. The molecular formula is C20H17F3N4O2. The van der Waals surface area contributed by atoms with Crippen LogP contribution in [0.25, 0.3) is 0 Å². The van der Waals surface area contributed by atoms with Gasteiger partial charge in [0.1, 0.15) is 18.1 Å². The molecule has 0 spiro atoms. The van der Waals surface area contributed by atoms with E-state index >= 15 is 0 Å². The first-order valence-electron chi connectivity index (χ1n) is 8.93. The minimum absolute atomic E-state index is 0.138. The van der Waals surface area contributed by atoms with Crippen molar-refractivity contribution in [2.45, 2.75) is 25.7 Å². The molecule has 0 saturated heterocycles. The Morgan fingerprint density at radius 1 is 1.14 bits per heavy atom. The number of hydrogen-bond donors (Lipinski definition) is 0. The van der Waals surface area contributed by atoms with E-state index in [1.165, 1.54) is 17.0 Å². The number of ether oxygens (including phenoxy) is 1. The first-order chi connectivity index (χ1) is 13.8. The number of carbonyl (C=O) groups is 1. The molecule has 0 bridgehead atoms. The number of rotatable bonds is 4. The Balaban J connectivity index is 1.60. The van der Waals surface area contributed by atoms with Crippen LogP contribution < -0.4 is 9.64 Å². The van der Waals surface area contributed by atoms with Gasteiger partial charge < -0.3 is 9.64 Å². The molecule has 6 nitrogen and oxygen atoms in total. The number of nitrogens with zero attached hydrogens (tertiary/aromatic N) is 4. The van der Waals surface area contributed by atoms with E-state index in [4.69, 9.17) is 4.74 Å². The van der Waals surface area contributed by atoms with Crippen LogP contribution in [0.3, 0.4) is 0 Å². The molecule has 9 heteroatoms. The summed E-state index contributed by atoms with van der Waals surface area (Å²) in [6.07, 6.45) is 0.361. The lowest BCUT2D eigenvalue weighted by Gasteiger charge is -2.32. The van der Waals surface area contributed by atoms with E-state index in [9.17, 15) is 18.0 Å². The van der Waals surface area contributed by atoms with Crippen LogP contribution in [0.1, 0.15) is 34.6 Å². The van der Waals surface area contributed by atoms with Crippen molar-refractivity contribution < 1.29 is 22.7 Å². The molecule has 29 heavy (non-hydrogen) atoms. The second-order valence-electron chi connectivity index (χ2n) is 6.74. The van der Waals surface area contributed by atoms with Crippen molar-refractivity contribution in [3.8, 4) is 5.75 Å². The van der Waals surface area contributed by atoms with Gasteiger partial charge in [0.05, 0.1) is 17.8 Å². The second kappa shape index (κ2) is 7.23. The minimum Gasteiger partial charge on any atom is -0.489 e. The van der Waals surface area contributed by atoms with E-state index in [1.54, 1.807) is 35.4 Å². The Labute approximate surface area is 164 Å². The number of anilines is 1. The van der Waals surface area contributed by atoms with Gasteiger partial charge in [-0.2, -0.15) is 18.3 Å². The summed E-state index contributed by atoms with van der Waals surface area (Å²) in [4.78, 5) is 18.5. The molecule has 0 fully saturated rings. The molecule has 3 heterocycles. The van der Waals surface area contributed by atoms with Crippen LogP contribution in [-0.2, 0) is 12.8 Å². The summed E-state index contributed by atoms with van der Waals surface area (Å²) in [5.74, 6) is 0.282. The van der Waals surface area contributed by atoms with Gasteiger partial charge in [-0.3, -0.25) is 14.5 Å². The standard InChI is InChI=1S/C20H17F3N4O2/c1-13-11-26(16-4-2-15(3-5-16)20(21,22)23)19(28)18-14(10-25-27(13)18)12-29-17-6-8-24-9-7-17/h2-10,13H,11-12H2,1H3/t13-/m0/s1. The zero-order valence-corrected chi connectivity index (χ0v) is 15.4. The highest BCUT2D eigenvalue weighted by atomic mass is 19.4. The lowest BCUT2D eigenvalue weighted by atomic mass is 10.1. The van der Waals surface area contributed by atoms with Gasteiger partial charge in [-0.1, -0.05) is 0 Å². The van der Waals surface area contributed by atoms with Crippen LogP contribution >= 0.6 is 0 Å². The summed E-state index contributed by atoms with van der Waals surface area (Å²) >= 11 is 0. The molecule has 1 aliphatic rings. The van der Waals surface area contributed by atoms with E-state index in [1.807, 2.05) is 6.92 Å². The van der Waals surface area contributed by atoms with Crippen molar-refractivity contribution in [1.29, 1.82) is 0 Å². The third kappa shape index (κ3) is 3.67. The summed E-state index contributed by atoms with van der Waals surface area (Å²) in [6.45, 7) is 2.34. The predicted molar refractivity (Wildman–Crippen MR) is 98.6 cm³/mol. The van der Waals surface area contributed by atoms with E-state index in [-0.39, 0.29) is 18.6 Å². The van der Waals surface area contributed by atoms with Gasteiger partial charge in [0, 0.05) is 30.2 Å². The fourth-order valence-electron chi connectivity index (χ4n) is 3.27. The average Bonchev–Trinajstić information content (AvgIpc) is 3.14. The summed E-state index contributed by atoms with van der Waals surface area (Å²) in [6, 6.07) is 7.85. The fraction of sp³-hybridized carbons (Fsp3) is 0.250. The molecule has 0 radical (unpaired) electrons. The maximum atomic E-state index is 13.1. The third-order valence-corrected chi connectivity index (χ3v) is 4.73. The fourth-order valence-corrected chi connectivity index (χ4v) is 3.27. The van der Waals surface area contributed by atoms with Crippen molar-refractivity contribution in [2.24, 2.45) is 0 Å². The molecule has 1 amide bonds. The average molecular weight is 402 g/mol. The van der Waals surface area contributed by atoms with Gasteiger partial charge in [0.25, 0.3) is 5.91 Å². The Hall–Kier alpha value is -3.36. The van der Waals surface area contributed by atoms with E-state index in [0.717, 1.165) is 12.1 Å². The molecule has 1 atom stereocenters. The van der Waals surface area contributed by atoms with Crippen LogP contribution in [0.5, 0.6) is 5.75 Å². The van der Waals surface area contributed by atoms with Crippen LogP contribution in [0.4, 0.5) is 18.9 Å². The van der Waals surface area contributed by atoms with Crippen molar-refractivity contribution in [3.05, 3.63) is 71.8 Å². The monoisotopic (exact) mass is 402 g/mol. The molecule has 0 N–H and O–H groups in total. The van der Waals surface area contributed by atoms with E-state index in [0.29, 0.717) is 29.2 Å². The molecule has 0 saturated carbocycles. The number of amides is 1. The van der Waals surface area contributed by atoms with Crippen molar-refractivity contribution in [3.63, 3.8) is 0 Å². The highest BCUT2D eigenvalue weighted by Gasteiger charge is 2.34. The summed E-state index contributed by atoms with van der Waals surface area (Å²) in [5, 5.41) is 4.30. The minimum atomic E-state index is -4.42. The second-order valence-corrected chi connectivity index (χ2v) is 6.74. The number of pyridine rings is 1. The SMILES string of the molecule is C[C@H]1CN(c2ccc(C(F)(F)F)cc2)C(=O)c2c(COc3ccncc3)cnn21. The summed E-state index contributed by atoms with van der Waals surface area (Å²) in [7, 11) is 0. The normalized spacial score (nSPS) is 16.6. The van der Waals surface area contributed by atoms with E-state index < -0.39 is 11.7 Å². The third-order valence-electron chi connectivity index (χ3n) is 4.73. The molecule has 150 valence electrons. The van der Waals surface area contributed by atoms with Crippen molar-refractivity contribution >= 4 is 11.6 Å². The number of aromatic nitrogens is 3. The maximum Gasteiger partial charge on any atom is 0.416 e. The quantitative estimate of drug-likeness (QED) is 0.659. The van der Waals surface area contributed by atoms with Gasteiger partial charge in [0.2, 0.25) is 0 Å². The zero-order chi connectivity index (χ0) is 20.6. The Morgan fingerprint density at radius 2 is 1.83 bits per heavy atom. The summed E-state index contributed by atoms with van der Waals surface area (Å²) < 4.78 is 45.8. The van der Waals surface area contributed by atoms with Gasteiger partial charge in [-0.25, -0.2) is 0 Å². The Morgan fingerprint density at radius 3 is 2.48 bits per heavy atom. The number of alkyl halides is 3. The highest BCUT2D eigenvalue weighted by molar-refractivity contribution is 6.06. The highest BCUT2D eigenvalue weighted by Crippen LogP contribution is 2.33. The molecular weight excluding hydrogens is 385 g/mol. The predicted octanol–water partition coefficient (Wildman–Crippen LogP) is 4.10. The van der Waals surface area contributed by atoms with Crippen molar-refractivity contribution in [2.75, 3.05) is 11.4 Å². The number of carbonyl (C=O) groups excluding carboxylic acids is 1. The molecule has 3 aromatic rings. The lowest BCUT2D eigenvalue weighted by molar-refractivity contribution is -0.137. The number of fused-ring (bicyclic) bond motifs is 1. The lowest BCUT2D eigenvalue weighted by Crippen LogP contribution is -2.43. The largest absolute Gasteiger partial charge is 0.489 e. The first kappa shape index (κ1) is 19.0. The Bertz CT molecular complexity index is 1020. The van der Waals surface area contributed by atoms with Gasteiger partial charge in [0.15, 0.2) is 0 Å². The first-order valence-corrected chi connectivity index (χ1v) is 8.93. The van der Waals surface area contributed by atoms with Crippen LogP contribution in [0.15, 0.2) is 55.0 Å².